The molecule has 33 heavy (non-hydrogen) atoms. The van der Waals surface area contributed by atoms with E-state index in [2.05, 4.69) is 25.9 Å². The van der Waals surface area contributed by atoms with Crippen LogP contribution in [0, 0.1) is 0 Å². The standard InChI is InChI=1S/C19H23N5O2.C2HF3O2/c25-18(17-13-20-7-8-22-17)24-9-4-19(5-10-24)15-23(11-12-26-19)14-16-3-1-2-6-21-16;3-2(4,5)1(6)7/h1-3,6-8,13H,4-5,9-12,14-15H2;(H,6,7). The van der Waals surface area contributed by atoms with Gasteiger partial charge in [-0.05, 0) is 25.0 Å². The Balaban J connectivity index is 0.000000383. The van der Waals surface area contributed by atoms with Gasteiger partial charge in [0, 0.05) is 51.3 Å². The van der Waals surface area contributed by atoms with Gasteiger partial charge in [-0.3, -0.25) is 19.7 Å². The molecule has 0 saturated carbocycles. The molecule has 1 spiro atoms. The number of carboxylic acids is 1. The van der Waals surface area contributed by atoms with Gasteiger partial charge in [-0.15, -0.1) is 0 Å². The summed E-state index contributed by atoms with van der Waals surface area (Å²) in [5.74, 6) is -2.80. The Bertz CT molecular complexity index is 923. The Morgan fingerprint density at radius 2 is 1.82 bits per heavy atom. The molecule has 2 aliphatic heterocycles. The van der Waals surface area contributed by atoms with Crippen molar-refractivity contribution >= 4 is 11.9 Å². The molecule has 0 bridgehead atoms. The topological polar surface area (TPSA) is 109 Å². The minimum absolute atomic E-state index is 0.0471. The van der Waals surface area contributed by atoms with Crippen LogP contribution in [0.1, 0.15) is 29.0 Å². The predicted molar refractivity (Wildman–Crippen MR) is 109 cm³/mol. The third-order valence-corrected chi connectivity index (χ3v) is 5.43. The number of nitrogens with zero attached hydrogens (tertiary/aromatic N) is 5. The zero-order valence-corrected chi connectivity index (χ0v) is 17.7. The maximum Gasteiger partial charge on any atom is 0.490 e. The van der Waals surface area contributed by atoms with E-state index in [4.69, 9.17) is 14.6 Å². The molecular weight excluding hydrogens is 443 g/mol. The number of carbonyl (C=O) groups excluding carboxylic acids is 1. The van der Waals surface area contributed by atoms with Crippen molar-refractivity contribution < 1.29 is 32.6 Å². The largest absolute Gasteiger partial charge is 0.490 e. The number of morpholine rings is 1. The molecule has 2 aromatic rings. The average Bonchev–Trinajstić information content (AvgIpc) is 2.80. The van der Waals surface area contributed by atoms with Gasteiger partial charge in [-0.25, -0.2) is 9.78 Å². The van der Waals surface area contributed by atoms with Crippen LogP contribution in [-0.4, -0.2) is 86.3 Å². The smallest absolute Gasteiger partial charge is 0.475 e. The van der Waals surface area contributed by atoms with Crippen LogP contribution in [0.3, 0.4) is 0 Å². The van der Waals surface area contributed by atoms with Crippen LogP contribution in [0.2, 0.25) is 0 Å². The molecule has 0 aliphatic carbocycles. The Morgan fingerprint density at radius 3 is 2.39 bits per heavy atom. The van der Waals surface area contributed by atoms with Gasteiger partial charge < -0.3 is 14.7 Å². The summed E-state index contributed by atoms with van der Waals surface area (Å²) < 4.78 is 37.9. The van der Waals surface area contributed by atoms with Crippen LogP contribution in [0.25, 0.3) is 0 Å². The molecule has 12 heteroatoms. The number of aliphatic carboxylic acids is 1. The summed E-state index contributed by atoms with van der Waals surface area (Å²) in [5.41, 5.74) is 1.33. The number of hydrogen-bond donors (Lipinski definition) is 1. The second kappa shape index (κ2) is 10.7. The molecule has 9 nitrogen and oxygen atoms in total. The van der Waals surface area contributed by atoms with Crippen LogP contribution in [0.5, 0.6) is 0 Å². The lowest BCUT2D eigenvalue weighted by molar-refractivity contribution is -0.192. The van der Waals surface area contributed by atoms with E-state index >= 15 is 0 Å². The molecule has 2 aliphatic rings. The maximum absolute atomic E-state index is 12.5. The van der Waals surface area contributed by atoms with E-state index in [-0.39, 0.29) is 11.5 Å². The highest BCUT2D eigenvalue weighted by Gasteiger charge is 2.41. The van der Waals surface area contributed by atoms with Crippen LogP contribution in [0.15, 0.2) is 43.0 Å². The van der Waals surface area contributed by atoms with Crippen LogP contribution < -0.4 is 0 Å². The second-order valence-electron chi connectivity index (χ2n) is 7.75. The van der Waals surface area contributed by atoms with Crippen molar-refractivity contribution in [3.63, 3.8) is 0 Å². The third kappa shape index (κ3) is 6.93. The molecule has 0 atom stereocenters. The number of halogens is 3. The fraction of sp³-hybridized carbons (Fsp3) is 0.476. The van der Waals surface area contributed by atoms with Crippen molar-refractivity contribution in [2.45, 2.75) is 31.2 Å². The van der Waals surface area contributed by atoms with Crippen molar-refractivity contribution in [2.24, 2.45) is 0 Å². The number of amides is 1. The molecule has 1 N–H and O–H groups in total. The Kier molecular flexibility index (Phi) is 7.92. The fourth-order valence-electron chi connectivity index (χ4n) is 3.77. The highest BCUT2D eigenvalue weighted by molar-refractivity contribution is 5.92. The molecular formula is C21H24F3N5O4. The highest BCUT2D eigenvalue weighted by atomic mass is 19.4. The lowest BCUT2D eigenvalue weighted by Crippen LogP contribution is -2.57. The van der Waals surface area contributed by atoms with Gasteiger partial charge in [0.25, 0.3) is 5.91 Å². The molecule has 4 rings (SSSR count). The number of pyridine rings is 1. The number of ether oxygens (including phenoxy) is 1. The molecule has 0 unspecified atom stereocenters. The zero-order valence-electron chi connectivity index (χ0n) is 17.7. The first-order valence-electron chi connectivity index (χ1n) is 10.3. The fourth-order valence-corrected chi connectivity index (χ4v) is 3.77. The van der Waals surface area contributed by atoms with E-state index in [0.29, 0.717) is 18.8 Å². The number of hydrogen-bond acceptors (Lipinski definition) is 7. The first-order chi connectivity index (χ1) is 15.7. The summed E-state index contributed by atoms with van der Waals surface area (Å²) >= 11 is 0. The molecule has 1 amide bonds. The van der Waals surface area contributed by atoms with Crippen molar-refractivity contribution in [3.8, 4) is 0 Å². The molecule has 0 radical (unpaired) electrons. The van der Waals surface area contributed by atoms with Gasteiger partial charge >= 0.3 is 12.1 Å². The summed E-state index contributed by atoms with van der Waals surface area (Å²) in [7, 11) is 0. The maximum atomic E-state index is 12.5. The quantitative estimate of drug-likeness (QED) is 0.731. The summed E-state index contributed by atoms with van der Waals surface area (Å²) in [6, 6.07) is 6.02. The number of carbonyl (C=O) groups is 2. The minimum Gasteiger partial charge on any atom is -0.475 e. The molecule has 178 valence electrons. The number of alkyl halides is 3. The Hall–Kier alpha value is -3.12. The first-order valence-corrected chi connectivity index (χ1v) is 10.3. The summed E-state index contributed by atoms with van der Waals surface area (Å²) in [6.07, 6.45) is 3.10. The number of rotatable bonds is 3. The van der Waals surface area contributed by atoms with Crippen LogP contribution in [-0.2, 0) is 16.1 Å². The Labute approximate surface area is 188 Å². The lowest BCUT2D eigenvalue weighted by Gasteiger charge is -2.47. The number of likely N-dealkylation sites (tertiary alicyclic amines) is 1. The molecule has 2 saturated heterocycles. The lowest BCUT2D eigenvalue weighted by atomic mass is 9.89. The van der Waals surface area contributed by atoms with Gasteiger partial charge in [-0.2, -0.15) is 13.2 Å². The summed E-state index contributed by atoms with van der Waals surface area (Å²) in [5, 5.41) is 7.12. The monoisotopic (exact) mass is 467 g/mol. The second-order valence-corrected chi connectivity index (χ2v) is 7.75. The SMILES string of the molecule is O=C(O)C(F)(F)F.O=C(c1cnccn1)N1CCC2(CC1)CN(Cc1ccccn1)CCO2. The van der Waals surface area contributed by atoms with Crippen molar-refractivity contribution in [3.05, 3.63) is 54.4 Å². The van der Waals surface area contributed by atoms with E-state index in [1.165, 1.54) is 6.20 Å². The zero-order chi connectivity index (χ0) is 23.9. The van der Waals surface area contributed by atoms with Gasteiger partial charge in [-0.1, -0.05) is 6.07 Å². The number of piperidine rings is 1. The summed E-state index contributed by atoms with van der Waals surface area (Å²) in [4.78, 5) is 38.2. The van der Waals surface area contributed by atoms with E-state index in [1.54, 1.807) is 12.4 Å². The average molecular weight is 467 g/mol. The number of aromatic nitrogens is 3. The van der Waals surface area contributed by atoms with Gasteiger partial charge in [0.2, 0.25) is 0 Å². The van der Waals surface area contributed by atoms with Gasteiger partial charge in [0.15, 0.2) is 0 Å². The Morgan fingerprint density at radius 1 is 1.09 bits per heavy atom. The first kappa shape index (κ1) is 24.5. The predicted octanol–water partition coefficient (Wildman–Crippen LogP) is 2.01. The van der Waals surface area contributed by atoms with Gasteiger partial charge in [0.05, 0.1) is 24.1 Å². The van der Waals surface area contributed by atoms with E-state index in [9.17, 15) is 18.0 Å². The van der Waals surface area contributed by atoms with Crippen molar-refractivity contribution in [1.82, 2.24) is 24.8 Å². The molecule has 2 fully saturated rings. The van der Waals surface area contributed by atoms with E-state index < -0.39 is 12.1 Å². The number of carboxylic acid groups (broad SMARTS) is 1. The highest BCUT2D eigenvalue weighted by Crippen LogP contribution is 2.31. The van der Waals surface area contributed by atoms with Crippen molar-refractivity contribution in [1.29, 1.82) is 0 Å². The minimum atomic E-state index is -5.08. The van der Waals surface area contributed by atoms with Crippen molar-refractivity contribution in [2.75, 3.05) is 32.8 Å². The molecule has 4 heterocycles. The molecule has 2 aromatic heterocycles. The normalized spacial score (nSPS) is 18.3. The summed E-state index contributed by atoms with van der Waals surface area (Å²) in [6.45, 7) is 4.75. The molecule has 0 aromatic carbocycles. The van der Waals surface area contributed by atoms with Crippen LogP contribution >= 0.6 is 0 Å². The third-order valence-electron chi connectivity index (χ3n) is 5.43. The van der Waals surface area contributed by atoms with E-state index in [0.717, 1.165) is 44.8 Å². The van der Waals surface area contributed by atoms with E-state index in [1.807, 2.05) is 23.2 Å². The van der Waals surface area contributed by atoms with Gasteiger partial charge in [0.1, 0.15) is 5.69 Å². The van der Waals surface area contributed by atoms with Crippen LogP contribution in [0.4, 0.5) is 13.2 Å².